The van der Waals surface area contributed by atoms with Gasteiger partial charge in [-0.3, -0.25) is 19.3 Å². The number of amides is 2. The Morgan fingerprint density at radius 1 is 1.24 bits per heavy atom. The van der Waals surface area contributed by atoms with Crippen molar-refractivity contribution in [2.75, 3.05) is 25.4 Å². The number of allylic oxidation sites excluding steroid dienone is 1. The smallest absolute Gasteiger partial charge is 0.358 e. The third-order valence-electron chi connectivity index (χ3n) is 5.85. The molecule has 0 aromatic carbocycles. The summed E-state index contributed by atoms with van der Waals surface area (Å²) in [4.78, 5) is 67.0. The number of carbonyl (C=O) groups excluding carboxylic acids is 4. The molecule has 41 heavy (non-hydrogen) atoms. The van der Waals surface area contributed by atoms with Crippen LogP contribution in [0, 0.1) is 12.3 Å². The molecule has 4 rings (SSSR count). The molecule has 0 radical (unpaired) electrons. The largest absolute Gasteiger partial charge is 0.427 e. The average molecular weight is 621 g/mol. The summed E-state index contributed by atoms with van der Waals surface area (Å²) in [6.45, 7) is 6.27. The number of carbonyl (C=O) groups is 4. The van der Waals surface area contributed by atoms with Crippen molar-refractivity contribution in [2.24, 2.45) is 10.6 Å². The van der Waals surface area contributed by atoms with Crippen molar-refractivity contribution < 1.29 is 33.5 Å². The number of ether oxygens (including phenoxy) is 2. The maximum atomic E-state index is 13.3. The minimum absolute atomic E-state index is 0.00697. The molecule has 0 spiro atoms. The van der Waals surface area contributed by atoms with Gasteiger partial charge in [0.1, 0.15) is 29.9 Å². The van der Waals surface area contributed by atoms with E-state index in [1.807, 2.05) is 13.0 Å². The van der Waals surface area contributed by atoms with E-state index >= 15 is 0 Å². The van der Waals surface area contributed by atoms with Crippen LogP contribution in [0.25, 0.3) is 6.08 Å². The second-order valence-electron chi connectivity index (χ2n) is 9.80. The van der Waals surface area contributed by atoms with Gasteiger partial charge < -0.3 is 25.4 Å². The van der Waals surface area contributed by atoms with E-state index in [1.54, 1.807) is 37.7 Å². The predicted octanol–water partition coefficient (Wildman–Crippen LogP) is 2.30. The Kier molecular flexibility index (Phi) is 9.14. The van der Waals surface area contributed by atoms with Crippen molar-refractivity contribution in [1.29, 1.82) is 0 Å². The third-order valence-corrected chi connectivity index (χ3v) is 8.72. The molecule has 2 aromatic heterocycles. The number of β-lactam (4-membered cyclic amide) rings is 1. The number of hydrogen-bond acceptors (Lipinski definition) is 14. The van der Waals surface area contributed by atoms with Crippen LogP contribution >= 0.6 is 34.4 Å². The number of nitrogens with two attached hydrogens (primary N) is 1. The molecule has 1 fully saturated rings. The number of aromatic nitrogens is 2. The monoisotopic (exact) mass is 620 g/mol. The number of nitrogen functional groups attached to an aromatic ring is 1. The lowest BCUT2D eigenvalue weighted by atomic mass is 9.98. The van der Waals surface area contributed by atoms with Crippen molar-refractivity contribution in [1.82, 2.24) is 20.2 Å². The highest BCUT2D eigenvalue weighted by molar-refractivity contribution is 8.00. The number of thiazole rings is 2. The topological polar surface area (TPSA) is 175 Å². The van der Waals surface area contributed by atoms with E-state index < -0.39 is 47.4 Å². The molecular formula is C25H28N6O7S3. The Hall–Kier alpha value is -3.76. The molecule has 0 saturated carbocycles. The number of rotatable bonds is 9. The molecule has 2 atom stereocenters. The number of aryl methyl sites for hydroxylation is 1. The minimum atomic E-state index is -0.957. The van der Waals surface area contributed by atoms with Gasteiger partial charge >= 0.3 is 11.9 Å². The fourth-order valence-corrected chi connectivity index (χ4v) is 6.29. The summed E-state index contributed by atoms with van der Waals surface area (Å²) in [6.07, 6.45) is 3.55. The number of esters is 2. The predicted molar refractivity (Wildman–Crippen MR) is 155 cm³/mol. The highest BCUT2D eigenvalue weighted by atomic mass is 32.2. The van der Waals surface area contributed by atoms with E-state index in [2.05, 4.69) is 20.4 Å². The van der Waals surface area contributed by atoms with Gasteiger partial charge in [0.05, 0.1) is 16.6 Å². The number of nitrogens with zero attached hydrogens (tertiary/aromatic N) is 4. The molecule has 1 saturated heterocycles. The summed E-state index contributed by atoms with van der Waals surface area (Å²) in [5, 5.41) is 7.59. The van der Waals surface area contributed by atoms with E-state index in [-0.39, 0.29) is 22.2 Å². The van der Waals surface area contributed by atoms with Gasteiger partial charge in [-0.05, 0) is 39.3 Å². The van der Waals surface area contributed by atoms with E-state index in [1.165, 1.54) is 35.1 Å². The number of thioether (sulfide) groups is 1. The molecule has 13 nitrogen and oxygen atoms in total. The van der Waals surface area contributed by atoms with Crippen molar-refractivity contribution in [3.8, 4) is 0 Å². The summed E-state index contributed by atoms with van der Waals surface area (Å²) in [5.41, 5.74) is 8.03. The molecule has 2 aliphatic rings. The van der Waals surface area contributed by atoms with E-state index in [0.29, 0.717) is 11.3 Å². The molecule has 4 heterocycles. The molecule has 0 bridgehead atoms. The molecule has 2 aromatic rings. The first-order valence-corrected chi connectivity index (χ1v) is 15.0. The normalized spacial score (nSPS) is 19.1. The zero-order valence-corrected chi connectivity index (χ0v) is 25.3. The van der Waals surface area contributed by atoms with Gasteiger partial charge in [-0.25, -0.2) is 14.8 Å². The number of anilines is 1. The van der Waals surface area contributed by atoms with Crippen LogP contribution in [0.1, 0.15) is 37.0 Å². The van der Waals surface area contributed by atoms with Gasteiger partial charge in [0.25, 0.3) is 11.8 Å². The molecule has 218 valence electrons. The van der Waals surface area contributed by atoms with Crippen LogP contribution in [0.5, 0.6) is 0 Å². The Labute approximate surface area is 247 Å². The van der Waals surface area contributed by atoms with Gasteiger partial charge in [-0.1, -0.05) is 11.2 Å². The van der Waals surface area contributed by atoms with E-state index in [9.17, 15) is 19.2 Å². The third kappa shape index (κ3) is 6.60. The van der Waals surface area contributed by atoms with Crippen LogP contribution in [0.3, 0.4) is 0 Å². The Bertz CT molecular complexity index is 1460. The lowest BCUT2D eigenvalue weighted by Crippen LogP contribution is -2.71. The first kappa shape index (κ1) is 30.2. The first-order valence-electron chi connectivity index (χ1n) is 12.2. The molecule has 16 heteroatoms. The van der Waals surface area contributed by atoms with E-state index in [4.69, 9.17) is 20.0 Å². The van der Waals surface area contributed by atoms with Crippen molar-refractivity contribution in [3.05, 3.63) is 44.5 Å². The van der Waals surface area contributed by atoms with Crippen LogP contribution in [-0.2, 0) is 33.5 Å². The quantitative estimate of drug-likeness (QED) is 0.138. The van der Waals surface area contributed by atoms with Crippen molar-refractivity contribution in [2.45, 2.75) is 39.1 Å². The van der Waals surface area contributed by atoms with Crippen LogP contribution < -0.4 is 11.1 Å². The van der Waals surface area contributed by atoms with Crippen molar-refractivity contribution in [3.63, 3.8) is 0 Å². The Morgan fingerprint density at radius 3 is 2.61 bits per heavy atom. The van der Waals surface area contributed by atoms with Gasteiger partial charge in [0.2, 0.25) is 6.79 Å². The second-order valence-corrected chi connectivity index (χ2v) is 12.7. The van der Waals surface area contributed by atoms with Crippen LogP contribution in [0.15, 0.2) is 33.4 Å². The van der Waals surface area contributed by atoms with Gasteiger partial charge in [0, 0.05) is 16.0 Å². The number of hydrogen-bond donors (Lipinski definition) is 2. The fourth-order valence-electron chi connectivity index (χ4n) is 3.73. The molecule has 3 N–H and O–H groups in total. The lowest BCUT2D eigenvalue weighted by molar-refractivity contribution is -0.173. The molecule has 0 aliphatic carbocycles. The maximum Gasteiger partial charge on any atom is 0.358 e. The molecule has 2 amide bonds. The summed E-state index contributed by atoms with van der Waals surface area (Å²) >= 11 is 3.92. The standard InChI is InChI=1S/C25H28N6O7S3/c1-12-15(41-10-27-12)7-6-13-8-39-21-17(29-19(32)16(30-36-5)14-9-40-24(26)28-14)20(33)31(21)18(13)22(34)37-11-38-23(35)25(2,3)4/h6-7,9-10,17,21H,8,11H2,1-5H3,(H2,26,28)(H,29,32)/b7-6+,30-16?/t17-,21-/m1/s1. The number of nitrogens with one attached hydrogen (secondary N) is 1. The van der Waals surface area contributed by atoms with Crippen LogP contribution in [0.2, 0.25) is 0 Å². The van der Waals surface area contributed by atoms with Crippen LogP contribution in [0.4, 0.5) is 5.13 Å². The summed E-state index contributed by atoms with van der Waals surface area (Å²) < 4.78 is 10.3. The summed E-state index contributed by atoms with van der Waals surface area (Å²) in [5.74, 6) is -2.26. The molecule has 0 unspecified atom stereocenters. The van der Waals surface area contributed by atoms with Crippen LogP contribution in [-0.4, -0.2) is 75.4 Å². The molecular weight excluding hydrogens is 593 g/mol. The summed E-state index contributed by atoms with van der Waals surface area (Å²) in [6, 6.07) is -0.957. The van der Waals surface area contributed by atoms with Gasteiger partial charge in [0.15, 0.2) is 10.8 Å². The maximum absolute atomic E-state index is 13.3. The second kappa shape index (κ2) is 12.4. The zero-order valence-electron chi connectivity index (χ0n) is 22.8. The molecule has 2 aliphatic heterocycles. The van der Waals surface area contributed by atoms with Gasteiger partial charge in [-0.2, -0.15) is 0 Å². The van der Waals surface area contributed by atoms with E-state index in [0.717, 1.165) is 21.9 Å². The fraction of sp³-hybridized carbons (Fsp3) is 0.400. The first-order chi connectivity index (χ1) is 19.4. The minimum Gasteiger partial charge on any atom is -0.427 e. The summed E-state index contributed by atoms with van der Waals surface area (Å²) in [7, 11) is 1.28. The average Bonchev–Trinajstić information content (AvgIpc) is 3.54. The zero-order chi connectivity index (χ0) is 29.9. The SMILES string of the molecule is CON=C(C(=O)N[C@@H]1C(=O)N2C(C(=O)OCOC(=O)C(C)(C)C)=C(/C=C/c3scnc3C)CS[C@H]12)c1csc(N)n1. The Morgan fingerprint density at radius 2 is 2.00 bits per heavy atom. The highest BCUT2D eigenvalue weighted by Crippen LogP contribution is 2.41. The number of fused-ring (bicyclic) bond motifs is 1. The lowest BCUT2D eigenvalue weighted by Gasteiger charge is -2.49. The number of oxime groups is 1. The Balaban J connectivity index is 1.55. The highest BCUT2D eigenvalue weighted by Gasteiger charge is 2.54. The van der Waals surface area contributed by atoms with Crippen molar-refractivity contribution >= 4 is 75.1 Å². The van der Waals surface area contributed by atoms with Gasteiger partial charge in [-0.15, -0.1) is 34.4 Å².